The van der Waals surface area contributed by atoms with Crippen molar-refractivity contribution in [1.29, 1.82) is 0 Å². The van der Waals surface area contributed by atoms with Gasteiger partial charge in [-0.15, -0.1) is 0 Å². The van der Waals surface area contributed by atoms with Crippen LogP contribution in [0.2, 0.25) is 0 Å². The molecule has 0 aromatic carbocycles. The van der Waals surface area contributed by atoms with Crippen LogP contribution in [0.4, 0.5) is 13.2 Å². The average Bonchev–Trinajstić information content (AvgIpc) is 2.22. The largest absolute Gasteiger partial charge is 0.441 e. The highest BCUT2D eigenvalue weighted by Gasteiger charge is 2.30. The monoisotopic (exact) mass is 283 g/mol. The maximum Gasteiger partial charge on any atom is 0.441 e. The highest BCUT2D eigenvalue weighted by atomic mass is 32.2. The fourth-order valence-corrected chi connectivity index (χ4v) is 3.04. The smallest absolute Gasteiger partial charge is 0.313 e. The zero-order valence-electron chi connectivity index (χ0n) is 11.4. The molecule has 0 atom stereocenters. The van der Waals surface area contributed by atoms with E-state index in [-0.39, 0.29) is 17.5 Å². The minimum absolute atomic E-state index is 0.0645. The minimum atomic E-state index is -4.09. The Hall–Kier alpha value is 0.100. The second kappa shape index (κ2) is 6.51. The maximum absolute atomic E-state index is 11.9. The van der Waals surface area contributed by atoms with Gasteiger partial charge in [-0.3, -0.25) is 0 Å². The SMILES string of the molecule is CC(C)(C)C1CCC(NCCSC(F)(F)F)CC1. The highest BCUT2D eigenvalue weighted by molar-refractivity contribution is 8.00. The van der Waals surface area contributed by atoms with Crippen LogP contribution in [0.1, 0.15) is 46.5 Å². The Morgan fingerprint density at radius 1 is 1.06 bits per heavy atom. The topological polar surface area (TPSA) is 12.0 Å². The number of hydrogen-bond donors (Lipinski definition) is 1. The third-order valence-electron chi connectivity index (χ3n) is 3.75. The molecule has 0 radical (unpaired) electrons. The van der Waals surface area contributed by atoms with E-state index < -0.39 is 5.51 Å². The molecule has 1 rings (SSSR count). The molecule has 1 saturated carbocycles. The predicted octanol–water partition coefficient (Wildman–Crippen LogP) is 4.43. The Labute approximate surface area is 112 Å². The van der Waals surface area contributed by atoms with Crippen molar-refractivity contribution in [3.05, 3.63) is 0 Å². The van der Waals surface area contributed by atoms with Gasteiger partial charge in [0.1, 0.15) is 0 Å². The molecule has 1 aliphatic rings. The second-order valence-electron chi connectivity index (χ2n) is 6.16. The molecule has 0 unspecified atom stereocenters. The van der Waals surface area contributed by atoms with Crippen LogP contribution in [0.15, 0.2) is 0 Å². The molecule has 0 saturated heterocycles. The molecule has 0 aromatic rings. The Morgan fingerprint density at radius 2 is 1.61 bits per heavy atom. The number of nitrogens with one attached hydrogen (secondary N) is 1. The number of thioether (sulfide) groups is 1. The summed E-state index contributed by atoms with van der Waals surface area (Å²) in [4.78, 5) is 0. The molecule has 0 aliphatic heterocycles. The number of rotatable bonds is 4. The van der Waals surface area contributed by atoms with E-state index in [1.807, 2.05) is 0 Å². The third kappa shape index (κ3) is 6.32. The van der Waals surface area contributed by atoms with Crippen molar-refractivity contribution in [1.82, 2.24) is 5.32 Å². The lowest BCUT2D eigenvalue weighted by molar-refractivity contribution is -0.0327. The summed E-state index contributed by atoms with van der Waals surface area (Å²) in [6, 6.07) is 0.414. The van der Waals surface area contributed by atoms with Gasteiger partial charge in [-0.05, 0) is 48.8 Å². The summed E-state index contributed by atoms with van der Waals surface area (Å²) in [5.41, 5.74) is -3.73. The third-order valence-corrected chi connectivity index (χ3v) is 4.49. The molecule has 18 heavy (non-hydrogen) atoms. The lowest BCUT2D eigenvalue weighted by Crippen LogP contribution is -2.37. The normalized spacial score (nSPS) is 26.3. The van der Waals surface area contributed by atoms with Crippen molar-refractivity contribution in [2.75, 3.05) is 12.3 Å². The summed E-state index contributed by atoms with van der Waals surface area (Å²) in [6.07, 6.45) is 4.57. The van der Waals surface area contributed by atoms with Crippen LogP contribution in [0.25, 0.3) is 0 Å². The number of halogens is 3. The Bertz CT molecular complexity index is 240. The van der Waals surface area contributed by atoms with Crippen LogP contribution in [0, 0.1) is 11.3 Å². The molecule has 1 N–H and O–H groups in total. The van der Waals surface area contributed by atoms with Gasteiger partial charge in [-0.2, -0.15) is 13.2 Å². The predicted molar refractivity (Wildman–Crippen MR) is 71.7 cm³/mol. The van der Waals surface area contributed by atoms with Crippen molar-refractivity contribution in [2.45, 2.75) is 58.0 Å². The summed E-state index contributed by atoms with van der Waals surface area (Å²) in [5.74, 6) is 0.864. The van der Waals surface area contributed by atoms with Crippen molar-refractivity contribution in [2.24, 2.45) is 11.3 Å². The van der Waals surface area contributed by atoms with Crippen molar-refractivity contribution >= 4 is 11.8 Å². The fourth-order valence-electron chi connectivity index (χ4n) is 2.59. The summed E-state index contributed by atoms with van der Waals surface area (Å²) in [7, 11) is 0. The van der Waals surface area contributed by atoms with Crippen LogP contribution >= 0.6 is 11.8 Å². The average molecular weight is 283 g/mol. The quantitative estimate of drug-likeness (QED) is 0.766. The van der Waals surface area contributed by atoms with E-state index in [9.17, 15) is 13.2 Å². The molecule has 0 spiro atoms. The molecule has 0 bridgehead atoms. The van der Waals surface area contributed by atoms with Crippen molar-refractivity contribution in [3.63, 3.8) is 0 Å². The molecule has 0 heterocycles. The fraction of sp³-hybridized carbons (Fsp3) is 1.00. The molecule has 1 nitrogen and oxygen atoms in total. The van der Waals surface area contributed by atoms with Gasteiger partial charge >= 0.3 is 5.51 Å². The number of alkyl halides is 3. The highest BCUT2D eigenvalue weighted by Crippen LogP contribution is 2.37. The Kier molecular flexibility index (Phi) is 5.84. The first-order valence-corrected chi connectivity index (χ1v) is 7.61. The molecule has 1 aliphatic carbocycles. The maximum atomic E-state index is 11.9. The lowest BCUT2D eigenvalue weighted by Gasteiger charge is -2.37. The van der Waals surface area contributed by atoms with Crippen LogP contribution in [0.5, 0.6) is 0 Å². The van der Waals surface area contributed by atoms with E-state index in [0.717, 1.165) is 18.8 Å². The van der Waals surface area contributed by atoms with Crippen LogP contribution in [-0.2, 0) is 0 Å². The van der Waals surface area contributed by atoms with Crippen molar-refractivity contribution in [3.8, 4) is 0 Å². The van der Waals surface area contributed by atoms with Gasteiger partial charge in [-0.25, -0.2) is 0 Å². The lowest BCUT2D eigenvalue weighted by atomic mass is 9.71. The molecule has 1 fully saturated rings. The summed E-state index contributed by atoms with van der Waals surface area (Å²) >= 11 is 0.0645. The van der Waals surface area contributed by atoms with Crippen LogP contribution < -0.4 is 5.32 Å². The van der Waals surface area contributed by atoms with Crippen LogP contribution in [0.3, 0.4) is 0 Å². The molecule has 0 aromatic heterocycles. The summed E-state index contributed by atoms with van der Waals surface area (Å²) < 4.78 is 35.8. The minimum Gasteiger partial charge on any atom is -0.313 e. The van der Waals surface area contributed by atoms with Crippen LogP contribution in [-0.4, -0.2) is 23.8 Å². The van der Waals surface area contributed by atoms with E-state index in [2.05, 4.69) is 26.1 Å². The zero-order chi connectivity index (χ0) is 13.8. The van der Waals surface area contributed by atoms with E-state index in [4.69, 9.17) is 0 Å². The van der Waals surface area contributed by atoms with Gasteiger partial charge < -0.3 is 5.32 Å². The van der Waals surface area contributed by atoms with E-state index in [1.165, 1.54) is 12.8 Å². The summed E-state index contributed by atoms with van der Waals surface area (Å²) in [5, 5.41) is 3.25. The first-order valence-electron chi connectivity index (χ1n) is 6.62. The van der Waals surface area contributed by atoms with Gasteiger partial charge in [0.05, 0.1) is 0 Å². The van der Waals surface area contributed by atoms with E-state index in [0.29, 0.717) is 18.0 Å². The Balaban J connectivity index is 2.13. The first kappa shape index (κ1) is 16.2. The molecule has 0 amide bonds. The van der Waals surface area contributed by atoms with Gasteiger partial charge in [0, 0.05) is 18.3 Å². The van der Waals surface area contributed by atoms with Gasteiger partial charge in [-0.1, -0.05) is 20.8 Å². The van der Waals surface area contributed by atoms with Crippen molar-refractivity contribution < 1.29 is 13.2 Å². The number of hydrogen-bond acceptors (Lipinski definition) is 2. The standard InChI is InChI=1S/C13H24F3NS/c1-12(2,3)10-4-6-11(7-5-10)17-8-9-18-13(14,15)16/h10-11,17H,4-9H2,1-3H3. The first-order chi connectivity index (χ1) is 8.18. The molecule has 108 valence electrons. The van der Waals surface area contributed by atoms with Gasteiger partial charge in [0.15, 0.2) is 0 Å². The molecular weight excluding hydrogens is 259 g/mol. The molecular formula is C13H24F3NS. The van der Waals surface area contributed by atoms with Gasteiger partial charge in [0.2, 0.25) is 0 Å². The second-order valence-corrected chi connectivity index (χ2v) is 7.32. The summed E-state index contributed by atoms with van der Waals surface area (Å²) in [6.45, 7) is 7.26. The van der Waals surface area contributed by atoms with Gasteiger partial charge in [0.25, 0.3) is 0 Å². The van der Waals surface area contributed by atoms with E-state index >= 15 is 0 Å². The Morgan fingerprint density at radius 3 is 2.06 bits per heavy atom. The zero-order valence-corrected chi connectivity index (χ0v) is 12.3. The van der Waals surface area contributed by atoms with E-state index in [1.54, 1.807) is 0 Å². The molecule has 5 heteroatoms.